The van der Waals surface area contributed by atoms with Crippen LogP contribution in [0.4, 0.5) is 0 Å². The van der Waals surface area contributed by atoms with Gasteiger partial charge in [0, 0.05) is 5.56 Å². The van der Waals surface area contributed by atoms with Gasteiger partial charge in [-0.1, -0.05) is 13.8 Å². The fourth-order valence-corrected chi connectivity index (χ4v) is 1.76. The number of aliphatic imine (C=N–C) groups is 1. The summed E-state index contributed by atoms with van der Waals surface area (Å²) < 4.78 is 10.2. The normalized spacial score (nSPS) is 18.4. The molecule has 1 aromatic carbocycles. The van der Waals surface area contributed by atoms with Gasteiger partial charge in [-0.3, -0.25) is 0 Å². The Morgan fingerprint density at radius 3 is 2.56 bits per heavy atom. The lowest BCUT2D eigenvalue weighted by Crippen LogP contribution is -2.13. The molecule has 1 aliphatic heterocycles. The van der Waals surface area contributed by atoms with E-state index in [0.29, 0.717) is 24.0 Å². The van der Waals surface area contributed by atoms with Crippen LogP contribution in [0.2, 0.25) is 0 Å². The Morgan fingerprint density at radius 2 is 2.06 bits per heavy atom. The van der Waals surface area contributed by atoms with Crippen molar-refractivity contribution in [1.82, 2.24) is 0 Å². The van der Waals surface area contributed by atoms with E-state index in [1.165, 1.54) is 7.11 Å². The largest absolute Gasteiger partial charge is 0.475 e. The first-order valence-electron chi connectivity index (χ1n) is 6.01. The number of hydrogen-bond acceptors (Lipinski definition) is 4. The summed E-state index contributed by atoms with van der Waals surface area (Å²) in [7, 11) is 1.37. The first-order valence-corrected chi connectivity index (χ1v) is 6.01. The molecule has 1 atom stereocenters. The fourth-order valence-electron chi connectivity index (χ4n) is 1.76. The van der Waals surface area contributed by atoms with Crippen LogP contribution >= 0.6 is 0 Å². The Bertz CT molecular complexity index is 462. The van der Waals surface area contributed by atoms with E-state index < -0.39 is 0 Å². The van der Waals surface area contributed by atoms with E-state index in [-0.39, 0.29) is 12.0 Å². The summed E-state index contributed by atoms with van der Waals surface area (Å²) >= 11 is 0. The maximum absolute atomic E-state index is 11.3. The van der Waals surface area contributed by atoms with Gasteiger partial charge in [-0.25, -0.2) is 9.79 Å². The van der Waals surface area contributed by atoms with Gasteiger partial charge in [-0.15, -0.1) is 0 Å². The number of esters is 1. The van der Waals surface area contributed by atoms with Crippen molar-refractivity contribution in [3.8, 4) is 0 Å². The van der Waals surface area contributed by atoms with E-state index >= 15 is 0 Å². The molecule has 0 fully saturated rings. The lowest BCUT2D eigenvalue weighted by atomic mass is 10.1. The van der Waals surface area contributed by atoms with E-state index in [0.717, 1.165) is 5.56 Å². The molecule has 96 valence electrons. The number of ether oxygens (including phenoxy) is 2. The van der Waals surface area contributed by atoms with Crippen LogP contribution < -0.4 is 0 Å². The molecule has 4 nitrogen and oxygen atoms in total. The predicted octanol–water partition coefficient (Wildman–Crippen LogP) is 2.27. The Labute approximate surface area is 107 Å². The highest BCUT2D eigenvalue weighted by molar-refractivity contribution is 5.96. The van der Waals surface area contributed by atoms with Crippen LogP contribution in [0.3, 0.4) is 0 Å². The zero-order chi connectivity index (χ0) is 13.1. The van der Waals surface area contributed by atoms with Crippen molar-refractivity contribution in [3.63, 3.8) is 0 Å². The Balaban J connectivity index is 2.16. The van der Waals surface area contributed by atoms with Gasteiger partial charge >= 0.3 is 5.97 Å². The molecule has 0 spiro atoms. The second-order valence-electron chi connectivity index (χ2n) is 4.63. The van der Waals surface area contributed by atoms with Gasteiger partial charge in [0.1, 0.15) is 6.61 Å². The molecular weight excluding hydrogens is 230 g/mol. The van der Waals surface area contributed by atoms with E-state index in [9.17, 15) is 4.79 Å². The molecule has 4 heteroatoms. The average Bonchev–Trinajstić information content (AvgIpc) is 2.88. The molecule has 1 heterocycles. The maximum Gasteiger partial charge on any atom is 0.337 e. The van der Waals surface area contributed by atoms with Gasteiger partial charge in [0.15, 0.2) is 0 Å². The summed E-state index contributed by atoms with van der Waals surface area (Å²) in [6, 6.07) is 7.31. The fraction of sp³-hybridized carbons (Fsp3) is 0.429. The average molecular weight is 247 g/mol. The first-order chi connectivity index (χ1) is 8.61. The summed E-state index contributed by atoms with van der Waals surface area (Å²) in [4.78, 5) is 15.8. The van der Waals surface area contributed by atoms with Crippen molar-refractivity contribution in [1.29, 1.82) is 0 Å². The highest BCUT2D eigenvalue weighted by Gasteiger charge is 2.22. The number of rotatable bonds is 3. The molecule has 0 amide bonds. The second kappa shape index (κ2) is 5.21. The maximum atomic E-state index is 11.3. The lowest BCUT2D eigenvalue weighted by Gasteiger charge is -2.06. The molecule has 2 rings (SSSR count). The molecule has 0 radical (unpaired) electrons. The second-order valence-corrected chi connectivity index (χ2v) is 4.63. The Kier molecular flexibility index (Phi) is 3.65. The molecule has 0 aromatic heterocycles. The molecule has 18 heavy (non-hydrogen) atoms. The van der Waals surface area contributed by atoms with Crippen LogP contribution in [0.1, 0.15) is 29.8 Å². The standard InChI is InChI=1S/C14H17NO3/c1-9(2)12-8-18-13(15-12)10-4-6-11(7-5-10)14(16)17-3/h4-7,9,12H,8H2,1-3H3/t12-/m1/s1. The molecule has 1 aromatic rings. The highest BCUT2D eigenvalue weighted by atomic mass is 16.5. The van der Waals surface area contributed by atoms with Gasteiger partial charge in [-0.05, 0) is 30.2 Å². The van der Waals surface area contributed by atoms with Gasteiger partial charge in [0.25, 0.3) is 0 Å². The summed E-state index contributed by atoms with van der Waals surface area (Å²) in [5.74, 6) is 0.790. The zero-order valence-corrected chi connectivity index (χ0v) is 10.8. The molecule has 0 N–H and O–H groups in total. The Hall–Kier alpha value is -1.84. The number of benzene rings is 1. The van der Waals surface area contributed by atoms with Crippen LogP contribution in [0, 0.1) is 5.92 Å². The molecular formula is C14H17NO3. The number of carbonyl (C=O) groups excluding carboxylic acids is 1. The quantitative estimate of drug-likeness (QED) is 0.770. The molecule has 0 saturated heterocycles. The smallest absolute Gasteiger partial charge is 0.337 e. The van der Waals surface area contributed by atoms with Crippen molar-refractivity contribution in [2.24, 2.45) is 10.9 Å². The van der Waals surface area contributed by atoms with Gasteiger partial charge in [0.2, 0.25) is 5.90 Å². The summed E-state index contributed by atoms with van der Waals surface area (Å²) in [5.41, 5.74) is 1.42. The van der Waals surface area contributed by atoms with Gasteiger partial charge in [-0.2, -0.15) is 0 Å². The molecule has 0 unspecified atom stereocenters. The van der Waals surface area contributed by atoms with Crippen LogP contribution in [0.15, 0.2) is 29.3 Å². The van der Waals surface area contributed by atoms with E-state index in [1.54, 1.807) is 12.1 Å². The minimum Gasteiger partial charge on any atom is -0.475 e. The summed E-state index contributed by atoms with van der Waals surface area (Å²) in [6.07, 6.45) is 0. The van der Waals surface area contributed by atoms with Crippen LogP contribution in [0.5, 0.6) is 0 Å². The van der Waals surface area contributed by atoms with E-state index in [4.69, 9.17) is 4.74 Å². The molecule has 0 bridgehead atoms. The summed E-state index contributed by atoms with van der Waals surface area (Å²) in [6.45, 7) is 4.88. The van der Waals surface area contributed by atoms with E-state index in [1.807, 2.05) is 12.1 Å². The summed E-state index contributed by atoms with van der Waals surface area (Å²) in [5, 5.41) is 0. The van der Waals surface area contributed by atoms with Gasteiger partial charge in [0.05, 0.1) is 18.7 Å². The van der Waals surface area contributed by atoms with Crippen molar-refractivity contribution in [2.45, 2.75) is 19.9 Å². The minimum atomic E-state index is -0.337. The predicted molar refractivity (Wildman–Crippen MR) is 68.9 cm³/mol. The van der Waals surface area contributed by atoms with Gasteiger partial charge < -0.3 is 9.47 Å². The third-order valence-corrected chi connectivity index (χ3v) is 3.00. The SMILES string of the molecule is COC(=O)c1ccc(C2=N[C@@H](C(C)C)CO2)cc1. The number of carbonyl (C=O) groups is 1. The first kappa shape index (κ1) is 12.6. The van der Waals surface area contributed by atoms with Crippen LogP contribution in [-0.2, 0) is 9.47 Å². The molecule has 0 aliphatic carbocycles. The number of nitrogens with zero attached hydrogens (tertiary/aromatic N) is 1. The third kappa shape index (κ3) is 2.53. The molecule has 0 saturated carbocycles. The van der Waals surface area contributed by atoms with Crippen molar-refractivity contribution < 1.29 is 14.3 Å². The number of hydrogen-bond donors (Lipinski definition) is 0. The zero-order valence-electron chi connectivity index (χ0n) is 10.8. The van der Waals surface area contributed by atoms with Crippen molar-refractivity contribution in [3.05, 3.63) is 35.4 Å². The number of methoxy groups -OCH3 is 1. The lowest BCUT2D eigenvalue weighted by molar-refractivity contribution is 0.0600. The Morgan fingerprint density at radius 1 is 1.39 bits per heavy atom. The third-order valence-electron chi connectivity index (χ3n) is 3.00. The van der Waals surface area contributed by atoms with Crippen molar-refractivity contribution in [2.75, 3.05) is 13.7 Å². The van der Waals surface area contributed by atoms with Crippen LogP contribution in [-0.4, -0.2) is 31.6 Å². The van der Waals surface area contributed by atoms with Crippen LogP contribution in [0.25, 0.3) is 0 Å². The minimum absolute atomic E-state index is 0.222. The topological polar surface area (TPSA) is 47.9 Å². The highest BCUT2D eigenvalue weighted by Crippen LogP contribution is 2.18. The van der Waals surface area contributed by atoms with Crippen molar-refractivity contribution >= 4 is 11.9 Å². The monoisotopic (exact) mass is 247 g/mol. The van der Waals surface area contributed by atoms with E-state index in [2.05, 4.69) is 23.6 Å². The molecule has 1 aliphatic rings.